The van der Waals surface area contributed by atoms with E-state index in [1.165, 1.54) is 0 Å². The van der Waals surface area contributed by atoms with Crippen LogP contribution in [-0.2, 0) is 0 Å². The van der Waals surface area contributed by atoms with Crippen LogP contribution in [0.15, 0.2) is 30.6 Å². The van der Waals surface area contributed by atoms with Crippen LogP contribution in [0, 0.1) is 0 Å². The fraction of sp³-hybridized carbons (Fsp3) is 0.400. The topological polar surface area (TPSA) is 54.2 Å². The zero-order valence-corrected chi connectivity index (χ0v) is 11.9. The minimum Gasteiger partial charge on any atom is -0.398 e. The molecule has 0 fully saturated rings. The van der Waals surface area contributed by atoms with E-state index in [0.29, 0.717) is 6.04 Å². The SMILES string of the molecule is CC(C)N(C)CCNc1ccc(N)c2cnccc12. The largest absolute Gasteiger partial charge is 0.398 e. The Morgan fingerprint density at radius 3 is 2.79 bits per heavy atom. The van der Waals surface area contributed by atoms with Gasteiger partial charge in [0.1, 0.15) is 0 Å². The van der Waals surface area contributed by atoms with Gasteiger partial charge in [0.15, 0.2) is 0 Å². The molecule has 0 aliphatic heterocycles. The molecule has 0 bridgehead atoms. The number of nitrogens with two attached hydrogens (primary N) is 1. The number of pyridine rings is 1. The lowest BCUT2D eigenvalue weighted by atomic mass is 10.1. The Bertz CT molecular complexity index is 551. The van der Waals surface area contributed by atoms with Crippen LogP contribution in [0.5, 0.6) is 0 Å². The fourth-order valence-electron chi connectivity index (χ4n) is 1.99. The Hall–Kier alpha value is -1.81. The van der Waals surface area contributed by atoms with Crippen molar-refractivity contribution in [3.63, 3.8) is 0 Å². The summed E-state index contributed by atoms with van der Waals surface area (Å²) >= 11 is 0. The van der Waals surface area contributed by atoms with E-state index in [-0.39, 0.29) is 0 Å². The molecule has 1 aromatic heterocycles. The van der Waals surface area contributed by atoms with E-state index in [0.717, 1.165) is 35.2 Å². The van der Waals surface area contributed by atoms with E-state index in [1.54, 1.807) is 6.20 Å². The molecule has 19 heavy (non-hydrogen) atoms. The summed E-state index contributed by atoms with van der Waals surface area (Å²) in [5, 5.41) is 5.61. The smallest absolute Gasteiger partial charge is 0.0422 e. The first kappa shape index (κ1) is 13.6. The fourth-order valence-corrected chi connectivity index (χ4v) is 1.99. The van der Waals surface area contributed by atoms with Gasteiger partial charge in [0.05, 0.1) is 0 Å². The molecular weight excluding hydrogens is 236 g/mol. The van der Waals surface area contributed by atoms with Crippen LogP contribution in [0.4, 0.5) is 11.4 Å². The van der Waals surface area contributed by atoms with Crippen molar-refractivity contribution in [2.75, 3.05) is 31.2 Å². The highest BCUT2D eigenvalue weighted by Crippen LogP contribution is 2.27. The van der Waals surface area contributed by atoms with Crippen LogP contribution in [0.25, 0.3) is 10.8 Å². The second-order valence-corrected chi connectivity index (χ2v) is 5.12. The molecule has 0 atom stereocenters. The van der Waals surface area contributed by atoms with Crippen molar-refractivity contribution >= 4 is 22.1 Å². The molecule has 4 heteroatoms. The lowest BCUT2D eigenvalue weighted by Gasteiger charge is -2.21. The molecule has 0 saturated carbocycles. The van der Waals surface area contributed by atoms with Gasteiger partial charge in [0, 0.05) is 53.7 Å². The maximum absolute atomic E-state index is 5.97. The van der Waals surface area contributed by atoms with Gasteiger partial charge < -0.3 is 16.0 Å². The van der Waals surface area contributed by atoms with E-state index < -0.39 is 0 Å². The average Bonchev–Trinajstić information content (AvgIpc) is 2.41. The van der Waals surface area contributed by atoms with Gasteiger partial charge in [-0.1, -0.05) is 0 Å². The van der Waals surface area contributed by atoms with E-state index in [9.17, 15) is 0 Å². The molecule has 0 aliphatic carbocycles. The van der Waals surface area contributed by atoms with Crippen LogP contribution in [0.2, 0.25) is 0 Å². The highest BCUT2D eigenvalue weighted by Gasteiger charge is 2.05. The van der Waals surface area contributed by atoms with Gasteiger partial charge in [-0.25, -0.2) is 0 Å². The van der Waals surface area contributed by atoms with Gasteiger partial charge in [0.25, 0.3) is 0 Å². The molecule has 0 unspecified atom stereocenters. The van der Waals surface area contributed by atoms with E-state index in [4.69, 9.17) is 5.73 Å². The zero-order chi connectivity index (χ0) is 13.8. The average molecular weight is 258 g/mol. The Balaban J connectivity index is 2.11. The van der Waals surface area contributed by atoms with Gasteiger partial charge in [-0.2, -0.15) is 0 Å². The van der Waals surface area contributed by atoms with Crippen molar-refractivity contribution in [2.24, 2.45) is 0 Å². The monoisotopic (exact) mass is 258 g/mol. The predicted octanol–water partition coefficient (Wildman–Crippen LogP) is 2.57. The molecule has 2 rings (SSSR count). The summed E-state index contributed by atoms with van der Waals surface area (Å²) in [7, 11) is 2.14. The summed E-state index contributed by atoms with van der Waals surface area (Å²) in [6, 6.07) is 6.53. The molecule has 0 aliphatic rings. The van der Waals surface area contributed by atoms with Crippen molar-refractivity contribution in [3.05, 3.63) is 30.6 Å². The molecule has 2 aromatic rings. The lowest BCUT2D eigenvalue weighted by molar-refractivity contribution is 0.284. The Morgan fingerprint density at radius 1 is 1.26 bits per heavy atom. The zero-order valence-electron chi connectivity index (χ0n) is 11.9. The Morgan fingerprint density at radius 2 is 2.05 bits per heavy atom. The normalized spacial score (nSPS) is 11.4. The van der Waals surface area contributed by atoms with Crippen molar-refractivity contribution in [3.8, 4) is 0 Å². The third-order valence-electron chi connectivity index (χ3n) is 3.51. The van der Waals surface area contributed by atoms with Gasteiger partial charge >= 0.3 is 0 Å². The first-order valence-electron chi connectivity index (χ1n) is 6.66. The maximum Gasteiger partial charge on any atom is 0.0422 e. The molecule has 4 nitrogen and oxygen atoms in total. The molecule has 0 saturated heterocycles. The highest BCUT2D eigenvalue weighted by atomic mass is 15.1. The Labute approximate surface area is 114 Å². The first-order chi connectivity index (χ1) is 9.09. The third kappa shape index (κ3) is 3.15. The summed E-state index contributed by atoms with van der Waals surface area (Å²) in [6.45, 7) is 6.32. The summed E-state index contributed by atoms with van der Waals surface area (Å²) in [5.74, 6) is 0. The Kier molecular flexibility index (Phi) is 4.22. The van der Waals surface area contributed by atoms with E-state index in [1.807, 2.05) is 24.4 Å². The van der Waals surface area contributed by atoms with Crippen molar-refractivity contribution in [1.82, 2.24) is 9.88 Å². The number of nitrogen functional groups attached to an aromatic ring is 1. The van der Waals surface area contributed by atoms with Gasteiger partial charge in [-0.3, -0.25) is 4.98 Å². The van der Waals surface area contributed by atoms with Gasteiger partial charge in [0.2, 0.25) is 0 Å². The lowest BCUT2D eigenvalue weighted by Crippen LogP contribution is -2.31. The number of benzene rings is 1. The van der Waals surface area contributed by atoms with Crippen molar-refractivity contribution in [2.45, 2.75) is 19.9 Å². The second kappa shape index (κ2) is 5.89. The van der Waals surface area contributed by atoms with Crippen LogP contribution in [-0.4, -0.2) is 36.1 Å². The number of fused-ring (bicyclic) bond motifs is 1. The number of hydrogen-bond donors (Lipinski definition) is 2. The first-order valence-corrected chi connectivity index (χ1v) is 6.66. The number of nitrogens with zero attached hydrogens (tertiary/aromatic N) is 2. The highest BCUT2D eigenvalue weighted by molar-refractivity contribution is 6.00. The molecular formula is C15H22N4. The van der Waals surface area contributed by atoms with Crippen molar-refractivity contribution < 1.29 is 0 Å². The number of aromatic nitrogens is 1. The molecule has 1 heterocycles. The van der Waals surface area contributed by atoms with E-state index in [2.05, 4.69) is 36.1 Å². The van der Waals surface area contributed by atoms with Gasteiger partial charge in [-0.15, -0.1) is 0 Å². The molecule has 0 radical (unpaired) electrons. The maximum atomic E-state index is 5.97. The number of nitrogens with one attached hydrogen (secondary N) is 1. The van der Waals surface area contributed by atoms with Crippen LogP contribution in [0.3, 0.4) is 0 Å². The molecule has 3 N–H and O–H groups in total. The van der Waals surface area contributed by atoms with Crippen LogP contribution in [0.1, 0.15) is 13.8 Å². The second-order valence-electron chi connectivity index (χ2n) is 5.12. The number of rotatable bonds is 5. The summed E-state index contributed by atoms with van der Waals surface area (Å²) in [4.78, 5) is 6.44. The quantitative estimate of drug-likeness (QED) is 0.809. The molecule has 102 valence electrons. The van der Waals surface area contributed by atoms with Crippen LogP contribution < -0.4 is 11.1 Å². The van der Waals surface area contributed by atoms with Crippen molar-refractivity contribution in [1.29, 1.82) is 0 Å². The number of hydrogen-bond acceptors (Lipinski definition) is 4. The molecule has 0 spiro atoms. The van der Waals surface area contributed by atoms with Crippen LogP contribution >= 0.6 is 0 Å². The van der Waals surface area contributed by atoms with Gasteiger partial charge in [-0.05, 0) is 39.1 Å². The molecule has 1 aromatic carbocycles. The minimum atomic E-state index is 0.564. The summed E-state index contributed by atoms with van der Waals surface area (Å²) < 4.78 is 0. The minimum absolute atomic E-state index is 0.564. The number of anilines is 2. The summed E-state index contributed by atoms with van der Waals surface area (Å²) in [5.41, 5.74) is 7.85. The summed E-state index contributed by atoms with van der Waals surface area (Å²) in [6.07, 6.45) is 3.61. The standard InChI is InChI=1S/C15H22N4/c1-11(2)19(3)9-8-18-15-5-4-14(16)13-10-17-7-6-12(13)15/h4-7,10-11,18H,8-9,16H2,1-3H3. The number of likely N-dealkylation sites (N-methyl/N-ethyl adjacent to an activating group) is 1. The van der Waals surface area contributed by atoms with E-state index >= 15 is 0 Å². The third-order valence-corrected chi connectivity index (χ3v) is 3.51. The molecule has 0 amide bonds. The predicted molar refractivity (Wildman–Crippen MR) is 82.4 cm³/mol.